The summed E-state index contributed by atoms with van der Waals surface area (Å²) < 4.78 is 36.9. The number of ether oxygens (including phenoxy) is 4. The Hall–Kier alpha value is -4.65. The summed E-state index contributed by atoms with van der Waals surface area (Å²) in [5.41, 5.74) is 2.18. The van der Waals surface area contributed by atoms with Gasteiger partial charge in [-0.3, -0.25) is 14.4 Å². The summed E-state index contributed by atoms with van der Waals surface area (Å²) in [6.07, 6.45) is 2.09. The van der Waals surface area contributed by atoms with Crippen LogP contribution in [0.5, 0.6) is 17.2 Å². The van der Waals surface area contributed by atoms with Crippen molar-refractivity contribution in [1.29, 1.82) is 0 Å². The second-order valence-corrected chi connectivity index (χ2v) is 12.6. The number of amides is 3. The maximum Gasteiger partial charge on any atom is 0.254 e. The van der Waals surface area contributed by atoms with E-state index in [0.717, 1.165) is 24.9 Å². The number of methoxy groups -OCH3 is 4. The number of aryl methyl sites for hydroxylation is 1. The van der Waals surface area contributed by atoms with Crippen LogP contribution in [0.15, 0.2) is 30.3 Å². The van der Waals surface area contributed by atoms with Gasteiger partial charge in [0, 0.05) is 81.9 Å². The number of halogens is 1. The highest BCUT2D eigenvalue weighted by Gasteiger charge is 2.29. The second-order valence-electron chi connectivity index (χ2n) is 12.6. The fraction of sp³-hybridized carbons (Fsp3) is 0.500. The van der Waals surface area contributed by atoms with Gasteiger partial charge in [-0.15, -0.1) is 0 Å². The molecule has 49 heavy (non-hydrogen) atoms. The predicted molar refractivity (Wildman–Crippen MR) is 183 cm³/mol. The third kappa shape index (κ3) is 8.33. The maximum atomic E-state index is 14.6. The molecule has 1 unspecified atom stereocenters. The van der Waals surface area contributed by atoms with Crippen molar-refractivity contribution in [2.24, 2.45) is 5.92 Å². The van der Waals surface area contributed by atoms with E-state index in [1.165, 1.54) is 26.4 Å². The number of benzene rings is 2. The van der Waals surface area contributed by atoms with Crippen molar-refractivity contribution in [1.82, 2.24) is 20.1 Å². The minimum absolute atomic E-state index is 0.114. The van der Waals surface area contributed by atoms with E-state index in [9.17, 15) is 18.8 Å². The molecule has 1 saturated heterocycles. The fourth-order valence-electron chi connectivity index (χ4n) is 6.67. The normalized spacial score (nSPS) is 17.5. The number of fused-ring (bicyclic) bond motifs is 5. The highest BCUT2D eigenvalue weighted by molar-refractivity contribution is 5.95. The smallest absolute Gasteiger partial charge is 0.254 e. The molecular formula is C36H46FN5O7. The molecule has 1 atom stereocenters. The van der Waals surface area contributed by atoms with Crippen molar-refractivity contribution in [2.75, 3.05) is 79.2 Å². The van der Waals surface area contributed by atoms with Crippen LogP contribution in [0.1, 0.15) is 47.2 Å². The molecule has 2 aliphatic rings. The number of nitrogens with one attached hydrogen (secondary N) is 1. The molecular weight excluding hydrogens is 633 g/mol. The molecule has 0 spiro atoms. The Labute approximate surface area is 286 Å². The van der Waals surface area contributed by atoms with Gasteiger partial charge in [-0.05, 0) is 55.5 Å². The summed E-state index contributed by atoms with van der Waals surface area (Å²) >= 11 is 0. The number of rotatable bonds is 7. The van der Waals surface area contributed by atoms with Gasteiger partial charge in [-0.2, -0.15) is 0 Å². The first-order valence-electron chi connectivity index (χ1n) is 16.6. The van der Waals surface area contributed by atoms with Crippen LogP contribution in [-0.2, 0) is 20.9 Å². The molecule has 0 radical (unpaired) electrons. The van der Waals surface area contributed by atoms with Gasteiger partial charge in [0.05, 0.1) is 39.9 Å². The van der Waals surface area contributed by atoms with E-state index in [4.69, 9.17) is 23.9 Å². The third-order valence-corrected chi connectivity index (χ3v) is 9.14. The quantitative estimate of drug-likeness (QED) is 0.396. The van der Waals surface area contributed by atoms with Gasteiger partial charge in [-0.25, -0.2) is 9.37 Å². The summed E-state index contributed by atoms with van der Waals surface area (Å²) in [6.45, 7) is 4.43. The zero-order chi connectivity index (χ0) is 35.1. The zero-order valence-electron chi connectivity index (χ0n) is 29.0. The van der Waals surface area contributed by atoms with Gasteiger partial charge in [0.25, 0.3) is 5.91 Å². The first kappa shape index (κ1) is 35.7. The Kier molecular flexibility index (Phi) is 11.8. The van der Waals surface area contributed by atoms with E-state index >= 15 is 0 Å². The first-order chi connectivity index (χ1) is 23.6. The number of aromatic nitrogens is 1. The van der Waals surface area contributed by atoms with Gasteiger partial charge in [0.15, 0.2) is 11.5 Å². The number of hydrogen-bond acceptors (Lipinski definition) is 9. The number of piperidine rings is 1. The van der Waals surface area contributed by atoms with Gasteiger partial charge < -0.3 is 39.0 Å². The number of hydrogen-bond donors (Lipinski definition) is 1. The monoisotopic (exact) mass is 679 g/mol. The lowest BCUT2D eigenvalue weighted by molar-refractivity contribution is -0.133. The average molecular weight is 680 g/mol. The first-order valence-corrected chi connectivity index (χ1v) is 16.6. The largest absolute Gasteiger partial charge is 0.493 e. The van der Waals surface area contributed by atoms with Crippen LogP contribution in [-0.4, -0.2) is 107 Å². The maximum absolute atomic E-state index is 14.6. The van der Waals surface area contributed by atoms with Gasteiger partial charge >= 0.3 is 0 Å². The molecule has 1 fully saturated rings. The number of carbonyl (C=O) groups is 3. The molecule has 3 heterocycles. The predicted octanol–water partition coefficient (Wildman–Crippen LogP) is 3.95. The lowest BCUT2D eigenvalue weighted by Gasteiger charge is -2.35. The van der Waals surface area contributed by atoms with Crippen LogP contribution >= 0.6 is 0 Å². The molecule has 1 N–H and O–H groups in total. The van der Waals surface area contributed by atoms with Crippen LogP contribution in [0.4, 0.5) is 10.2 Å². The van der Waals surface area contributed by atoms with E-state index in [1.807, 2.05) is 6.07 Å². The van der Waals surface area contributed by atoms with E-state index in [0.29, 0.717) is 52.6 Å². The summed E-state index contributed by atoms with van der Waals surface area (Å²) in [7, 11) is 6.16. The van der Waals surface area contributed by atoms with Crippen LogP contribution in [0.2, 0.25) is 0 Å². The minimum Gasteiger partial charge on any atom is -0.493 e. The van der Waals surface area contributed by atoms with Crippen molar-refractivity contribution in [2.45, 2.75) is 39.2 Å². The molecule has 264 valence electrons. The SMILES string of the molecule is COCCC(=O)N1CCC(=O)NCC2CCCN(C2)c2nc3cc(OC)c(OC)c(OC)c3cc2CN(C(=O)c2cc(C)cc(F)c2)CC1. The third-order valence-electron chi connectivity index (χ3n) is 9.14. The minimum atomic E-state index is -0.512. The van der Waals surface area contributed by atoms with Crippen LogP contribution < -0.4 is 24.4 Å². The molecule has 0 aliphatic carbocycles. The molecule has 3 aromatic rings. The number of anilines is 1. The molecule has 2 aliphatic heterocycles. The Balaban J connectivity index is 1.66. The molecule has 3 amide bonds. The van der Waals surface area contributed by atoms with Crippen LogP contribution in [0.25, 0.3) is 10.9 Å². The topological polar surface area (TPSA) is 123 Å². The van der Waals surface area contributed by atoms with E-state index in [2.05, 4.69) is 10.2 Å². The Morgan fingerprint density at radius 1 is 0.959 bits per heavy atom. The number of carbonyl (C=O) groups excluding carboxylic acids is 3. The van der Waals surface area contributed by atoms with E-state index in [-0.39, 0.29) is 68.9 Å². The van der Waals surface area contributed by atoms with E-state index < -0.39 is 11.7 Å². The summed E-state index contributed by atoms with van der Waals surface area (Å²) in [5, 5.41) is 3.74. The van der Waals surface area contributed by atoms with E-state index in [1.54, 1.807) is 43.1 Å². The molecule has 12 nitrogen and oxygen atoms in total. The van der Waals surface area contributed by atoms with Gasteiger partial charge in [0.1, 0.15) is 11.6 Å². The Morgan fingerprint density at radius 3 is 2.45 bits per heavy atom. The Morgan fingerprint density at radius 2 is 1.73 bits per heavy atom. The van der Waals surface area contributed by atoms with Crippen molar-refractivity contribution in [3.05, 3.63) is 52.8 Å². The lowest BCUT2D eigenvalue weighted by Crippen LogP contribution is -2.43. The van der Waals surface area contributed by atoms with Crippen LogP contribution in [0, 0.1) is 18.7 Å². The van der Waals surface area contributed by atoms with Gasteiger partial charge in [-0.1, -0.05) is 0 Å². The van der Waals surface area contributed by atoms with Crippen LogP contribution in [0.3, 0.4) is 0 Å². The van der Waals surface area contributed by atoms with Crippen molar-refractivity contribution in [3.8, 4) is 17.2 Å². The molecule has 1 aromatic heterocycles. The summed E-state index contributed by atoms with van der Waals surface area (Å²) in [6, 6.07) is 8.01. The molecule has 5 rings (SSSR count). The second kappa shape index (κ2) is 16.2. The fourth-order valence-corrected chi connectivity index (χ4v) is 6.67. The highest BCUT2D eigenvalue weighted by Crippen LogP contribution is 2.44. The molecule has 0 saturated carbocycles. The number of nitrogens with zero attached hydrogens (tertiary/aromatic N) is 4. The van der Waals surface area contributed by atoms with Crippen molar-refractivity contribution in [3.63, 3.8) is 0 Å². The molecule has 2 bridgehead atoms. The van der Waals surface area contributed by atoms with Gasteiger partial charge in [0.2, 0.25) is 17.6 Å². The summed E-state index contributed by atoms with van der Waals surface area (Å²) in [5.74, 6) is 0.945. The van der Waals surface area contributed by atoms with Crippen molar-refractivity contribution < 1.29 is 37.7 Å². The Bertz CT molecular complexity index is 1670. The average Bonchev–Trinajstić information content (AvgIpc) is 3.10. The number of pyridine rings is 1. The lowest BCUT2D eigenvalue weighted by atomic mass is 9.97. The molecule has 13 heteroatoms. The summed E-state index contributed by atoms with van der Waals surface area (Å²) in [4.78, 5) is 51.1. The van der Waals surface area contributed by atoms with Crippen molar-refractivity contribution >= 4 is 34.4 Å². The highest BCUT2D eigenvalue weighted by atomic mass is 19.1. The standard InChI is InChI=1S/C36H46FN5O7/c1-23-15-25(17-27(37)16-23)36(45)42-13-12-40(32(44)9-14-46-2)11-8-31(43)38-20-24-7-6-10-41(21-24)35-26(22-42)18-28-29(39-35)19-30(47-3)34(49-5)33(28)48-4/h15-19,24H,6-14,20-22H2,1-5H3,(H,38,43). The molecule has 2 aromatic carbocycles. The zero-order valence-corrected chi connectivity index (χ0v) is 29.0.